The Labute approximate surface area is 189 Å². The molecule has 3 heterocycles. The zero-order valence-corrected chi connectivity index (χ0v) is 18.3. The third-order valence-electron chi connectivity index (χ3n) is 6.03. The van der Waals surface area contributed by atoms with E-state index in [0.717, 1.165) is 79.3 Å². The lowest BCUT2D eigenvalue weighted by Crippen LogP contribution is -2.32. The Morgan fingerprint density at radius 2 is 1.79 bits per heavy atom. The molecule has 0 atom stereocenters. The van der Waals surface area contributed by atoms with Gasteiger partial charge in [0.1, 0.15) is 5.82 Å². The van der Waals surface area contributed by atoms with Gasteiger partial charge >= 0.3 is 6.18 Å². The molecule has 0 unspecified atom stereocenters. The Bertz CT molecular complexity index is 1280. The van der Waals surface area contributed by atoms with Gasteiger partial charge in [-0.2, -0.15) is 13.2 Å². The number of halogens is 3. The highest BCUT2D eigenvalue weighted by Crippen LogP contribution is 2.31. The van der Waals surface area contributed by atoms with Crippen LogP contribution < -0.4 is 0 Å². The van der Waals surface area contributed by atoms with E-state index in [-0.39, 0.29) is 0 Å². The van der Waals surface area contributed by atoms with Gasteiger partial charge < -0.3 is 4.57 Å². The van der Waals surface area contributed by atoms with E-state index in [1.54, 1.807) is 6.20 Å². The number of rotatable bonds is 5. The summed E-state index contributed by atoms with van der Waals surface area (Å²) >= 11 is 0. The molecule has 170 valence electrons. The van der Waals surface area contributed by atoms with Crippen LogP contribution in [0.15, 0.2) is 54.7 Å². The second kappa shape index (κ2) is 8.59. The minimum Gasteiger partial charge on any atom is -0.327 e. The van der Waals surface area contributed by atoms with Crippen LogP contribution in [0.2, 0.25) is 0 Å². The summed E-state index contributed by atoms with van der Waals surface area (Å²) in [5.74, 6) is 1.52. The molecule has 0 spiro atoms. The molecule has 0 fully saturated rings. The van der Waals surface area contributed by atoms with Gasteiger partial charge in [0.05, 0.1) is 28.8 Å². The molecule has 0 N–H and O–H groups in total. The number of aromatic nitrogens is 4. The van der Waals surface area contributed by atoms with Crippen molar-refractivity contribution in [2.24, 2.45) is 0 Å². The molecular weight excluding hydrogens is 427 g/mol. The van der Waals surface area contributed by atoms with Crippen molar-refractivity contribution in [2.75, 3.05) is 6.54 Å². The van der Waals surface area contributed by atoms with E-state index in [1.807, 2.05) is 18.2 Å². The van der Waals surface area contributed by atoms with Gasteiger partial charge in [0.2, 0.25) is 0 Å². The zero-order chi connectivity index (χ0) is 23.0. The Kier molecular flexibility index (Phi) is 5.62. The van der Waals surface area contributed by atoms with Crippen LogP contribution in [0, 0.1) is 0 Å². The van der Waals surface area contributed by atoms with Gasteiger partial charge in [0.25, 0.3) is 0 Å². The maximum Gasteiger partial charge on any atom is 0.416 e. The van der Waals surface area contributed by atoms with E-state index in [4.69, 9.17) is 4.98 Å². The van der Waals surface area contributed by atoms with Crippen LogP contribution in [-0.2, 0) is 32.2 Å². The van der Waals surface area contributed by atoms with Gasteiger partial charge in [0.15, 0.2) is 5.82 Å². The lowest BCUT2D eigenvalue weighted by Gasteiger charge is -2.28. The molecule has 0 aliphatic carbocycles. The van der Waals surface area contributed by atoms with Gasteiger partial charge in [-0.3, -0.25) is 4.90 Å². The quantitative estimate of drug-likeness (QED) is 0.403. The van der Waals surface area contributed by atoms with Crippen LogP contribution in [0.4, 0.5) is 13.2 Å². The highest BCUT2D eigenvalue weighted by Gasteiger charge is 2.30. The summed E-state index contributed by atoms with van der Waals surface area (Å²) in [6, 6.07) is 13.2. The Morgan fingerprint density at radius 3 is 2.55 bits per heavy atom. The van der Waals surface area contributed by atoms with Gasteiger partial charge in [0, 0.05) is 43.4 Å². The number of nitrogens with zero attached hydrogens (tertiary/aromatic N) is 5. The first-order valence-electron chi connectivity index (χ1n) is 11.1. The lowest BCUT2D eigenvalue weighted by atomic mass is 10.1. The van der Waals surface area contributed by atoms with Gasteiger partial charge in [-0.25, -0.2) is 15.0 Å². The fourth-order valence-corrected chi connectivity index (χ4v) is 4.38. The van der Waals surface area contributed by atoms with Crippen LogP contribution in [0.25, 0.3) is 22.4 Å². The molecule has 0 saturated carbocycles. The zero-order valence-electron chi connectivity index (χ0n) is 18.3. The number of aryl methyl sites for hydroxylation is 1. The van der Waals surface area contributed by atoms with E-state index >= 15 is 0 Å². The molecule has 5 nitrogen and oxygen atoms in total. The standard InChI is InChI=1S/C25H24F3N5/c1-2-12-33-22-6-4-3-5-21(22)30-23(33)16-32-13-11-20-18(15-32)14-29-24(31-20)17-7-9-19(10-8-17)25(26,27)28/h3-10,14H,2,11-13,15-16H2,1H3. The van der Waals surface area contributed by atoms with E-state index in [2.05, 4.69) is 32.4 Å². The van der Waals surface area contributed by atoms with Crippen molar-refractivity contribution in [3.8, 4) is 11.4 Å². The fourth-order valence-electron chi connectivity index (χ4n) is 4.38. The van der Waals surface area contributed by atoms with E-state index in [1.165, 1.54) is 12.1 Å². The molecule has 0 bridgehead atoms. The van der Waals surface area contributed by atoms with Crippen LogP contribution in [0.1, 0.15) is 36.0 Å². The minimum absolute atomic E-state index is 0.459. The summed E-state index contributed by atoms with van der Waals surface area (Å²) in [5.41, 5.74) is 4.10. The SMILES string of the molecule is CCCn1c(CN2CCc3nc(-c4ccc(C(F)(F)F)cc4)ncc3C2)nc2ccccc21. The van der Waals surface area contributed by atoms with Gasteiger partial charge in [-0.05, 0) is 30.7 Å². The van der Waals surface area contributed by atoms with E-state index in [9.17, 15) is 13.2 Å². The first-order valence-corrected chi connectivity index (χ1v) is 11.1. The Hall–Kier alpha value is -3.26. The number of benzene rings is 2. The van der Waals surface area contributed by atoms with E-state index < -0.39 is 11.7 Å². The summed E-state index contributed by atoms with van der Waals surface area (Å²) in [7, 11) is 0. The highest BCUT2D eigenvalue weighted by molar-refractivity contribution is 5.75. The number of fused-ring (bicyclic) bond motifs is 2. The van der Waals surface area contributed by atoms with Crippen molar-refractivity contribution in [1.82, 2.24) is 24.4 Å². The maximum atomic E-state index is 12.8. The molecule has 5 rings (SSSR count). The molecule has 0 radical (unpaired) electrons. The number of alkyl halides is 3. The Balaban J connectivity index is 1.34. The summed E-state index contributed by atoms with van der Waals surface area (Å²) in [6.45, 7) is 5.40. The second-order valence-corrected chi connectivity index (χ2v) is 8.37. The highest BCUT2D eigenvalue weighted by atomic mass is 19.4. The smallest absolute Gasteiger partial charge is 0.327 e. The van der Waals surface area contributed by atoms with E-state index in [0.29, 0.717) is 11.4 Å². The number of hydrogen-bond donors (Lipinski definition) is 0. The second-order valence-electron chi connectivity index (χ2n) is 8.37. The first kappa shape index (κ1) is 21.6. The molecule has 33 heavy (non-hydrogen) atoms. The molecule has 2 aromatic heterocycles. The van der Waals surface area contributed by atoms with Gasteiger partial charge in [-0.15, -0.1) is 0 Å². The molecule has 0 saturated heterocycles. The van der Waals surface area contributed by atoms with Crippen LogP contribution >= 0.6 is 0 Å². The van der Waals surface area contributed by atoms with Crippen LogP contribution in [0.5, 0.6) is 0 Å². The average Bonchev–Trinajstić information content (AvgIpc) is 3.15. The maximum absolute atomic E-state index is 12.8. The summed E-state index contributed by atoms with van der Waals surface area (Å²) < 4.78 is 40.8. The number of imidazole rings is 1. The molecule has 0 amide bonds. The number of para-hydroxylation sites is 2. The molecule has 8 heteroatoms. The van der Waals surface area contributed by atoms with Crippen LogP contribution in [-0.4, -0.2) is 31.0 Å². The lowest BCUT2D eigenvalue weighted by molar-refractivity contribution is -0.137. The predicted molar refractivity (Wildman–Crippen MR) is 120 cm³/mol. The average molecular weight is 451 g/mol. The first-order chi connectivity index (χ1) is 15.9. The van der Waals surface area contributed by atoms with Crippen molar-refractivity contribution >= 4 is 11.0 Å². The third kappa shape index (κ3) is 4.35. The van der Waals surface area contributed by atoms with Gasteiger partial charge in [-0.1, -0.05) is 31.2 Å². The third-order valence-corrected chi connectivity index (χ3v) is 6.03. The van der Waals surface area contributed by atoms with Crippen molar-refractivity contribution in [2.45, 2.75) is 45.6 Å². The van der Waals surface area contributed by atoms with Crippen LogP contribution in [0.3, 0.4) is 0 Å². The number of hydrogen-bond acceptors (Lipinski definition) is 4. The van der Waals surface area contributed by atoms with Crippen molar-refractivity contribution in [1.29, 1.82) is 0 Å². The summed E-state index contributed by atoms with van der Waals surface area (Å²) in [4.78, 5) is 16.3. The largest absolute Gasteiger partial charge is 0.416 e. The molecular formula is C25H24F3N5. The minimum atomic E-state index is -4.35. The molecule has 1 aliphatic heterocycles. The fraction of sp³-hybridized carbons (Fsp3) is 0.320. The van der Waals surface area contributed by atoms with Crippen molar-refractivity contribution in [3.05, 3.63) is 77.4 Å². The summed E-state index contributed by atoms with van der Waals surface area (Å²) in [5, 5.41) is 0. The summed E-state index contributed by atoms with van der Waals surface area (Å²) in [6.07, 6.45) is -0.747. The monoisotopic (exact) mass is 451 g/mol. The normalized spacial score (nSPS) is 14.5. The molecule has 2 aromatic carbocycles. The topological polar surface area (TPSA) is 46.8 Å². The van der Waals surface area contributed by atoms with Crippen molar-refractivity contribution in [3.63, 3.8) is 0 Å². The van der Waals surface area contributed by atoms with Crippen molar-refractivity contribution < 1.29 is 13.2 Å². The Morgan fingerprint density at radius 1 is 1.00 bits per heavy atom. The molecule has 1 aliphatic rings. The predicted octanol–water partition coefficient (Wildman–Crippen LogP) is 5.48. The molecule has 4 aromatic rings.